The van der Waals surface area contributed by atoms with Crippen molar-refractivity contribution in [3.05, 3.63) is 58.6 Å². The number of halogens is 2. The average Bonchev–Trinajstić information content (AvgIpc) is 2.54. The van der Waals surface area contributed by atoms with Gasteiger partial charge in [0.2, 0.25) is 0 Å². The predicted octanol–water partition coefficient (Wildman–Crippen LogP) is 6.86. The van der Waals surface area contributed by atoms with Crippen molar-refractivity contribution >= 4 is 53.4 Å². The fourth-order valence-corrected chi connectivity index (χ4v) is 4.14. The summed E-state index contributed by atoms with van der Waals surface area (Å²) in [7, 11) is 0. The molecule has 0 fully saturated rings. The quantitative estimate of drug-likeness (QED) is 0.247. The molecule has 3 aromatic rings. The van der Waals surface area contributed by atoms with Crippen molar-refractivity contribution in [2.24, 2.45) is 0 Å². The summed E-state index contributed by atoms with van der Waals surface area (Å²) in [6.07, 6.45) is 4.91. The standard InChI is InChI=1S/C19H18Br2/c20-13-7-1-2-11-17-15-9-4-3-8-14(15)16-10-5-6-12-18(16)19(17)21/h3-6,8-10,12H,1-2,7,11,13H2. The minimum absolute atomic E-state index is 1.10. The molecule has 0 nitrogen and oxygen atoms in total. The third-order valence-corrected chi connectivity index (χ3v) is 5.50. The lowest BCUT2D eigenvalue weighted by Crippen LogP contribution is -1.92. The van der Waals surface area contributed by atoms with E-state index < -0.39 is 0 Å². The Kier molecular flexibility index (Phi) is 4.97. The molecule has 2 heteroatoms. The maximum atomic E-state index is 3.86. The first-order chi connectivity index (χ1) is 10.3. The number of aryl methyl sites for hydroxylation is 1. The molecule has 0 unspecified atom stereocenters. The van der Waals surface area contributed by atoms with E-state index in [4.69, 9.17) is 0 Å². The Morgan fingerprint density at radius 1 is 0.667 bits per heavy atom. The average molecular weight is 406 g/mol. The molecule has 0 aromatic heterocycles. The fraction of sp³-hybridized carbons (Fsp3) is 0.263. The van der Waals surface area contributed by atoms with Crippen LogP contribution in [0.2, 0.25) is 0 Å². The maximum Gasteiger partial charge on any atom is 0.0292 e. The van der Waals surface area contributed by atoms with Crippen LogP contribution in [0.4, 0.5) is 0 Å². The number of unbranched alkanes of at least 4 members (excludes halogenated alkanes) is 2. The number of fused-ring (bicyclic) bond motifs is 3. The summed E-state index contributed by atoms with van der Waals surface area (Å²) >= 11 is 7.38. The van der Waals surface area contributed by atoms with Gasteiger partial charge in [0, 0.05) is 9.80 Å². The van der Waals surface area contributed by atoms with Gasteiger partial charge in [0.1, 0.15) is 0 Å². The van der Waals surface area contributed by atoms with Crippen LogP contribution in [-0.2, 0) is 6.42 Å². The van der Waals surface area contributed by atoms with Crippen molar-refractivity contribution in [3.63, 3.8) is 0 Å². The van der Waals surface area contributed by atoms with Crippen molar-refractivity contribution < 1.29 is 0 Å². The van der Waals surface area contributed by atoms with E-state index in [1.54, 1.807) is 0 Å². The normalized spacial score (nSPS) is 11.3. The second-order valence-electron chi connectivity index (χ2n) is 5.38. The molecule has 0 atom stereocenters. The summed E-state index contributed by atoms with van der Waals surface area (Å²) < 4.78 is 1.27. The third-order valence-electron chi connectivity index (χ3n) is 4.03. The van der Waals surface area contributed by atoms with Gasteiger partial charge in [0.05, 0.1) is 0 Å². The molecule has 0 amide bonds. The van der Waals surface area contributed by atoms with Gasteiger partial charge < -0.3 is 0 Å². The van der Waals surface area contributed by atoms with Crippen LogP contribution < -0.4 is 0 Å². The Labute approximate surface area is 142 Å². The largest absolute Gasteiger partial charge is 0.0928 e. The molecule has 21 heavy (non-hydrogen) atoms. The second kappa shape index (κ2) is 6.93. The van der Waals surface area contributed by atoms with E-state index in [1.165, 1.54) is 50.8 Å². The molecule has 3 aromatic carbocycles. The topological polar surface area (TPSA) is 0 Å². The van der Waals surface area contributed by atoms with E-state index in [0.29, 0.717) is 0 Å². The van der Waals surface area contributed by atoms with Gasteiger partial charge in [0.15, 0.2) is 0 Å². The van der Waals surface area contributed by atoms with Crippen LogP contribution in [0.15, 0.2) is 53.0 Å². The summed E-state index contributed by atoms with van der Waals surface area (Å²) in [5.41, 5.74) is 1.46. The van der Waals surface area contributed by atoms with Crippen molar-refractivity contribution in [2.75, 3.05) is 5.33 Å². The van der Waals surface area contributed by atoms with E-state index in [2.05, 4.69) is 80.4 Å². The van der Waals surface area contributed by atoms with Crippen LogP contribution >= 0.6 is 31.9 Å². The minimum Gasteiger partial charge on any atom is -0.0928 e. The summed E-state index contributed by atoms with van der Waals surface area (Å²) in [4.78, 5) is 0. The summed E-state index contributed by atoms with van der Waals surface area (Å²) in [5, 5.41) is 6.52. The van der Waals surface area contributed by atoms with Crippen molar-refractivity contribution in [2.45, 2.75) is 25.7 Å². The van der Waals surface area contributed by atoms with Gasteiger partial charge in [-0.3, -0.25) is 0 Å². The van der Waals surface area contributed by atoms with Gasteiger partial charge in [-0.1, -0.05) is 70.9 Å². The molecule has 0 radical (unpaired) electrons. The molecular formula is C19H18Br2. The zero-order valence-electron chi connectivity index (χ0n) is 11.9. The lowest BCUT2D eigenvalue weighted by atomic mass is 9.94. The highest BCUT2D eigenvalue weighted by Gasteiger charge is 2.11. The SMILES string of the molecule is BrCCCCCc1c(Br)c2ccccc2c2ccccc12. The summed E-state index contributed by atoms with van der Waals surface area (Å²) in [5.74, 6) is 0. The Morgan fingerprint density at radius 3 is 1.90 bits per heavy atom. The molecule has 0 aliphatic rings. The monoisotopic (exact) mass is 404 g/mol. The van der Waals surface area contributed by atoms with E-state index >= 15 is 0 Å². The van der Waals surface area contributed by atoms with E-state index in [-0.39, 0.29) is 0 Å². The summed E-state index contributed by atoms with van der Waals surface area (Å²) in [6.45, 7) is 0. The zero-order valence-corrected chi connectivity index (χ0v) is 15.1. The fourth-order valence-electron chi connectivity index (χ4n) is 2.99. The smallest absolute Gasteiger partial charge is 0.0292 e. The minimum atomic E-state index is 1.10. The van der Waals surface area contributed by atoms with Gasteiger partial charge in [0.25, 0.3) is 0 Å². The Morgan fingerprint density at radius 2 is 1.24 bits per heavy atom. The first-order valence-electron chi connectivity index (χ1n) is 7.46. The Balaban J connectivity index is 2.14. The van der Waals surface area contributed by atoms with Gasteiger partial charge in [-0.25, -0.2) is 0 Å². The maximum absolute atomic E-state index is 3.86. The van der Waals surface area contributed by atoms with Gasteiger partial charge in [-0.15, -0.1) is 0 Å². The molecule has 3 rings (SSSR count). The van der Waals surface area contributed by atoms with E-state index in [0.717, 1.165) is 11.8 Å². The van der Waals surface area contributed by atoms with Gasteiger partial charge in [-0.2, -0.15) is 0 Å². The molecule has 0 bridgehead atoms. The number of benzene rings is 3. The highest BCUT2D eigenvalue weighted by atomic mass is 79.9. The Hall–Kier alpha value is -0.860. The zero-order chi connectivity index (χ0) is 14.7. The van der Waals surface area contributed by atoms with Crippen molar-refractivity contribution in [1.82, 2.24) is 0 Å². The molecule has 108 valence electrons. The first-order valence-corrected chi connectivity index (χ1v) is 9.38. The number of hydrogen-bond acceptors (Lipinski definition) is 0. The van der Waals surface area contributed by atoms with E-state index in [9.17, 15) is 0 Å². The van der Waals surface area contributed by atoms with Crippen LogP contribution in [0.1, 0.15) is 24.8 Å². The van der Waals surface area contributed by atoms with E-state index in [1.807, 2.05) is 0 Å². The molecule has 0 heterocycles. The summed E-state index contributed by atoms with van der Waals surface area (Å²) in [6, 6.07) is 17.5. The molecule has 0 spiro atoms. The molecule has 0 aliphatic heterocycles. The van der Waals surface area contributed by atoms with Gasteiger partial charge >= 0.3 is 0 Å². The van der Waals surface area contributed by atoms with Crippen LogP contribution in [0.3, 0.4) is 0 Å². The van der Waals surface area contributed by atoms with Crippen molar-refractivity contribution in [3.8, 4) is 0 Å². The highest BCUT2D eigenvalue weighted by Crippen LogP contribution is 2.36. The highest BCUT2D eigenvalue weighted by molar-refractivity contribution is 9.10. The second-order valence-corrected chi connectivity index (χ2v) is 6.97. The number of hydrogen-bond donors (Lipinski definition) is 0. The molecule has 0 saturated carbocycles. The lowest BCUT2D eigenvalue weighted by molar-refractivity contribution is 0.726. The van der Waals surface area contributed by atoms with Gasteiger partial charge in [-0.05, 0) is 62.3 Å². The van der Waals surface area contributed by atoms with Crippen molar-refractivity contribution in [1.29, 1.82) is 0 Å². The number of rotatable bonds is 5. The molecule has 0 N–H and O–H groups in total. The van der Waals surface area contributed by atoms with Crippen LogP contribution in [0, 0.1) is 0 Å². The first kappa shape index (κ1) is 15.1. The third kappa shape index (κ3) is 3.02. The molecule has 0 aliphatic carbocycles. The van der Waals surface area contributed by atoms with Crippen LogP contribution in [0.5, 0.6) is 0 Å². The molecule has 0 saturated heterocycles. The number of alkyl halides is 1. The van der Waals surface area contributed by atoms with Crippen LogP contribution in [-0.4, -0.2) is 5.33 Å². The molecular weight excluding hydrogens is 388 g/mol. The lowest BCUT2D eigenvalue weighted by Gasteiger charge is -2.13. The predicted molar refractivity (Wildman–Crippen MR) is 101 cm³/mol. The Bertz CT molecular complexity index is 762. The van der Waals surface area contributed by atoms with Crippen LogP contribution in [0.25, 0.3) is 21.5 Å².